The molecule has 0 saturated heterocycles. The number of hydrogen-bond acceptors (Lipinski definition) is 3. The topological polar surface area (TPSA) is 46.5 Å². The molecule has 0 aromatic rings. The smallest absolute Gasteiger partial charge is 0.309 e. The lowest BCUT2D eigenvalue weighted by Crippen LogP contribution is -2.06. The van der Waals surface area contributed by atoms with Gasteiger partial charge in [0, 0.05) is 0 Å². The van der Waals surface area contributed by atoms with E-state index in [0.717, 1.165) is 19.3 Å². The van der Waals surface area contributed by atoms with Crippen molar-refractivity contribution in [3.63, 3.8) is 0 Å². The number of fused-ring (bicyclic) bond motifs is 1. The summed E-state index contributed by atoms with van der Waals surface area (Å²) in [5.74, 6) is 0.924. The summed E-state index contributed by atoms with van der Waals surface area (Å²) in [6.45, 7) is 0. The second-order valence-corrected chi connectivity index (χ2v) is 4.19. The van der Waals surface area contributed by atoms with Gasteiger partial charge in [-0.2, -0.15) is 0 Å². The molecule has 14 heavy (non-hydrogen) atoms. The number of aliphatic hydroxyl groups is 1. The monoisotopic (exact) mass is 196 g/mol. The average Bonchev–Trinajstić information content (AvgIpc) is 2.83. The van der Waals surface area contributed by atoms with Crippen molar-refractivity contribution >= 4 is 5.97 Å². The maximum atomic E-state index is 11.3. The summed E-state index contributed by atoms with van der Waals surface area (Å²) in [6, 6.07) is 0. The Morgan fingerprint density at radius 3 is 2.93 bits per heavy atom. The number of ether oxygens (including phenoxy) is 1. The number of methoxy groups -OCH3 is 1. The molecule has 0 aliphatic heterocycles. The van der Waals surface area contributed by atoms with Gasteiger partial charge < -0.3 is 9.84 Å². The van der Waals surface area contributed by atoms with E-state index in [9.17, 15) is 9.90 Å². The first-order valence-electron chi connectivity index (χ1n) is 5.16. The van der Waals surface area contributed by atoms with Crippen molar-refractivity contribution in [3.8, 4) is 0 Å². The Morgan fingerprint density at radius 1 is 1.43 bits per heavy atom. The minimum absolute atomic E-state index is 0.0789. The van der Waals surface area contributed by atoms with Gasteiger partial charge in [0.05, 0.1) is 19.1 Å². The van der Waals surface area contributed by atoms with Gasteiger partial charge >= 0.3 is 5.97 Å². The minimum atomic E-state index is -0.324. The summed E-state index contributed by atoms with van der Waals surface area (Å²) in [4.78, 5) is 11.3. The van der Waals surface area contributed by atoms with Crippen LogP contribution in [-0.2, 0) is 9.53 Å². The molecule has 0 aromatic carbocycles. The first-order chi connectivity index (χ1) is 6.74. The van der Waals surface area contributed by atoms with E-state index in [1.807, 2.05) is 12.2 Å². The SMILES string of the molecule is COC(=O)[C@@H]1[C@@H]2C/C=C/[C@H](O)CC[C@@H]21. The lowest BCUT2D eigenvalue weighted by atomic mass is 10.0. The van der Waals surface area contributed by atoms with Crippen LogP contribution in [0.25, 0.3) is 0 Å². The Balaban J connectivity index is 1.98. The molecule has 2 rings (SSSR count). The van der Waals surface area contributed by atoms with Gasteiger partial charge in [0.15, 0.2) is 0 Å². The average molecular weight is 196 g/mol. The van der Waals surface area contributed by atoms with Crippen molar-refractivity contribution in [2.75, 3.05) is 7.11 Å². The van der Waals surface area contributed by atoms with Gasteiger partial charge in [0.1, 0.15) is 0 Å². The fourth-order valence-corrected chi connectivity index (χ4v) is 2.50. The van der Waals surface area contributed by atoms with Gasteiger partial charge in [-0.3, -0.25) is 4.79 Å². The third-order valence-corrected chi connectivity index (χ3v) is 3.37. The van der Waals surface area contributed by atoms with Gasteiger partial charge in [-0.05, 0) is 31.1 Å². The van der Waals surface area contributed by atoms with Crippen molar-refractivity contribution in [1.29, 1.82) is 0 Å². The Morgan fingerprint density at radius 2 is 2.21 bits per heavy atom. The van der Waals surface area contributed by atoms with Gasteiger partial charge in [0.25, 0.3) is 0 Å². The highest BCUT2D eigenvalue weighted by Gasteiger charge is 2.54. The summed E-state index contributed by atoms with van der Waals surface area (Å²) >= 11 is 0. The normalized spacial score (nSPS) is 43.0. The Kier molecular flexibility index (Phi) is 2.59. The molecule has 0 radical (unpaired) electrons. The highest BCUT2D eigenvalue weighted by Crippen LogP contribution is 2.53. The summed E-state index contributed by atoms with van der Waals surface area (Å²) in [5.41, 5.74) is 0. The van der Waals surface area contributed by atoms with E-state index in [4.69, 9.17) is 4.74 Å². The van der Waals surface area contributed by atoms with Crippen molar-refractivity contribution in [3.05, 3.63) is 12.2 Å². The maximum Gasteiger partial charge on any atom is 0.309 e. The van der Waals surface area contributed by atoms with Crippen LogP contribution in [0.2, 0.25) is 0 Å². The Hall–Kier alpha value is -0.830. The lowest BCUT2D eigenvalue weighted by Gasteiger charge is -2.07. The third kappa shape index (κ3) is 1.69. The van der Waals surface area contributed by atoms with E-state index < -0.39 is 0 Å². The second-order valence-electron chi connectivity index (χ2n) is 4.19. The third-order valence-electron chi connectivity index (χ3n) is 3.37. The molecule has 1 fully saturated rings. The van der Waals surface area contributed by atoms with Gasteiger partial charge in [-0.25, -0.2) is 0 Å². The fraction of sp³-hybridized carbons (Fsp3) is 0.727. The molecule has 0 spiro atoms. The largest absolute Gasteiger partial charge is 0.469 e. The Labute approximate surface area is 83.8 Å². The van der Waals surface area contributed by atoms with Crippen molar-refractivity contribution in [2.45, 2.75) is 25.4 Å². The molecule has 0 unspecified atom stereocenters. The number of aliphatic hydroxyl groups excluding tert-OH is 1. The molecule has 0 aromatic heterocycles. The van der Waals surface area contributed by atoms with Crippen LogP contribution in [0, 0.1) is 17.8 Å². The number of carbonyl (C=O) groups excluding carboxylic acids is 1. The van der Waals surface area contributed by atoms with Gasteiger partial charge in [-0.1, -0.05) is 12.2 Å². The van der Waals surface area contributed by atoms with E-state index in [-0.39, 0.29) is 18.0 Å². The first kappa shape index (κ1) is 9.71. The standard InChI is InChI=1S/C11H16O3/c1-14-11(13)10-8-4-2-3-7(12)5-6-9(8)10/h2-3,7-10,12H,4-6H2,1H3/b3-2+/t7-,8+,9-,10+/m0/s1. The molecule has 0 heterocycles. The van der Waals surface area contributed by atoms with Crippen LogP contribution in [0.1, 0.15) is 19.3 Å². The highest BCUT2D eigenvalue weighted by molar-refractivity contribution is 5.76. The first-order valence-corrected chi connectivity index (χ1v) is 5.16. The predicted octanol–water partition coefficient (Wildman–Crippen LogP) is 1.12. The summed E-state index contributed by atoms with van der Waals surface area (Å²) in [7, 11) is 1.44. The van der Waals surface area contributed by atoms with E-state index in [1.54, 1.807) is 0 Å². The number of allylic oxidation sites excluding steroid dienone is 1. The fourth-order valence-electron chi connectivity index (χ4n) is 2.50. The number of hydrogen-bond donors (Lipinski definition) is 1. The molecular weight excluding hydrogens is 180 g/mol. The van der Waals surface area contributed by atoms with Crippen LogP contribution >= 0.6 is 0 Å². The zero-order valence-electron chi connectivity index (χ0n) is 8.35. The van der Waals surface area contributed by atoms with Gasteiger partial charge in [-0.15, -0.1) is 0 Å². The quantitative estimate of drug-likeness (QED) is 0.505. The van der Waals surface area contributed by atoms with Crippen molar-refractivity contribution in [2.24, 2.45) is 17.8 Å². The highest BCUT2D eigenvalue weighted by atomic mass is 16.5. The number of esters is 1. The summed E-state index contributed by atoms with van der Waals surface area (Å²) in [6.07, 6.45) is 6.12. The molecular formula is C11H16O3. The predicted molar refractivity (Wildman–Crippen MR) is 51.5 cm³/mol. The molecule has 0 bridgehead atoms. The van der Waals surface area contributed by atoms with Crippen LogP contribution < -0.4 is 0 Å². The number of rotatable bonds is 1. The van der Waals surface area contributed by atoms with E-state index >= 15 is 0 Å². The molecule has 78 valence electrons. The second kappa shape index (κ2) is 3.73. The summed E-state index contributed by atoms with van der Waals surface area (Å²) < 4.78 is 4.75. The van der Waals surface area contributed by atoms with Crippen LogP contribution in [0.3, 0.4) is 0 Å². The van der Waals surface area contributed by atoms with Crippen LogP contribution in [0.5, 0.6) is 0 Å². The van der Waals surface area contributed by atoms with Crippen molar-refractivity contribution < 1.29 is 14.6 Å². The zero-order valence-corrected chi connectivity index (χ0v) is 8.35. The number of carbonyl (C=O) groups is 1. The molecule has 1 N–H and O–H groups in total. The lowest BCUT2D eigenvalue weighted by molar-refractivity contribution is -0.142. The van der Waals surface area contributed by atoms with Crippen LogP contribution in [-0.4, -0.2) is 24.3 Å². The van der Waals surface area contributed by atoms with Crippen LogP contribution in [0.15, 0.2) is 12.2 Å². The molecule has 3 nitrogen and oxygen atoms in total. The van der Waals surface area contributed by atoms with Crippen molar-refractivity contribution in [1.82, 2.24) is 0 Å². The molecule has 2 aliphatic carbocycles. The summed E-state index contributed by atoms with van der Waals surface area (Å²) in [5, 5.41) is 9.43. The van der Waals surface area contributed by atoms with E-state index in [0.29, 0.717) is 11.8 Å². The van der Waals surface area contributed by atoms with E-state index in [1.165, 1.54) is 7.11 Å². The molecule has 3 heteroatoms. The molecule has 4 atom stereocenters. The maximum absolute atomic E-state index is 11.3. The molecule has 0 amide bonds. The van der Waals surface area contributed by atoms with E-state index in [2.05, 4.69) is 0 Å². The van der Waals surface area contributed by atoms with Gasteiger partial charge in [0.2, 0.25) is 0 Å². The van der Waals surface area contributed by atoms with Crippen LogP contribution in [0.4, 0.5) is 0 Å². The Bertz CT molecular complexity index is 259. The zero-order chi connectivity index (χ0) is 10.1. The molecule has 1 saturated carbocycles. The molecule has 2 aliphatic rings. The minimum Gasteiger partial charge on any atom is -0.469 e.